The molecule has 0 radical (unpaired) electrons. The van der Waals surface area contributed by atoms with Gasteiger partial charge in [-0.15, -0.1) is 0 Å². The highest BCUT2D eigenvalue weighted by Gasteiger charge is 2.41. The maximum absolute atomic E-state index is 2.43. The van der Waals surface area contributed by atoms with Crippen LogP contribution in [-0.2, 0) is 0 Å². The highest BCUT2D eigenvalue weighted by Crippen LogP contribution is 2.44. The van der Waals surface area contributed by atoms with Crippen molar-refractivity contribution in [3.63, 3.8) is 0 Å². The molecule has 8 aromatic carbocycles. The molecule has 0 saturated carbocycles. The molecule has 0 bridgehead atoms. The van der Waals surface area contributed by atoms with Crippen molar-refractivity contribution in [3.05, 3.63) is 200 Å². The van der Waals surface area contributed by atoms with Gasteiger partial charge in [0.25, 0.3) is 0 Å². The molecule has 0 fully saturated rings. The maximum atomic E-state index is 2.43. The highest BCUT2D eigenvalue weighted by molar-refractivity contribution is 8.00. The van der Waals surface area contributed by atoms with Crippen LogP contribution in [0.25, 0.3) is 22.3 Å². The molecule has 8 aromatic rings. The topological polar surface area (TPSA) is 6.48 Å². The Bertz CT molecular complexity index is 2460. The van der Waals surface area contributed by atoms with Crippen molar-refractivity contribution in [3.8, 4) is 22.3 Å². The van der Waals surface area contributed by atoms with E-state index in [1.807, 2.05) is 11.8 Å². The lowest BCUT2D eigenvalue weighted by Crippen LogP contribution is -2.52. The lowest BCUT2D eigenvalue weighted by atomic mass is 9.38. The molecule has 2 heterocycles. The van der Waals surface area contributed by atoms with Crippen LogP contribution in [0.3, 0.4) is 0 Å². The standard InChI is InChI=1S/C48H33BN2S/c1-6-16-34(17-7-1)35-30-43-42-32-40(50(36-18-8-2-9-19-36)37-20-10-3-11-21-37)26-28-44(42)49-45-29-27-41(33-46(45)52-47(31-35)48(43)49)51(38-22-12-4-13-23-38)39-24-14-5-15-25-39/h1-33H. The van der Waals surface area contributed by atoms with Gasteiger partial charge in [-0.3, -0.25) is 0 Å². The van der Waals surface area contributed by atoms with E-state index in [1.54, 1.807) is 0 Å². The van der Waals surface area contributed by atoms with Crippen LogP contribution in [0.2, 0.25) is 0 Å². The molecule has 0 atom stereocenters. The van der Waals surface area contributed by atoms with E-state index in [1.165, 1.54) is 48.4 Å². The van der Waals surface area contributed by atoms with E-state index in [0.717, 1.165) is 34.1 Å². The summed E-state index contributed by atoms with van der Waals surface area (Å²) in [5.74, 6) is 0. The summed E-state index contributed by atoms with van der Waals surface area (Å²) in [4.78, 5) is 7.36. The fraction of sp³-hybridized carbons (Fsp3) is 0. The van der Waals surface area contributed by atoms with Crippen LogP contribution in [0.5, 0.6) is 0 Å². The molecule has 0 N–H and O–H groups in total. The van der Waals surface area contributed by atoms with Crippen molar-refractivity contribution in [2.75, 3.05) is 9.80 Å². The maximum Gasteiger partial charge on any atom is 0.245 e. The summed E-state index contributed by atoms with van der Waals surface area (Å²) >= 11 is 1.91. The second-order valence-corrected chi connectivity index (χ2v) is 14.4. The monoisotopic (exact) mass is 680 g/mol. The average Bonchev–Trinajstić information content (AvgIpc) is 3.54. The van der Waals surface area contributed by atoms with Gasteiger partial charge in [-0.05, 0) is 113 Å². The zero-order valence-corrected chi connectivity index (χ0v) is 29.2. The number of benzene rings is 8. The zero-order chi connectivity index (χ0) is 34.4. The van der Waals surface area contributed by atoms with E-state index in [0.29, 0.717) is 0 Å². The van der Waals surface area contributed by atoms with Gasteiger partial charge in [0.2, 0.25) is 6.71 Å². The lowest BCUT2D eigenvalue weighted by molar-refractivity contribution is 1.27. The van der Waals surface area contributed by atoms with Gasteiger partial charge in [0.1, 0.15) is 0 Å². The average molecular weight is 681 g/mol. The first-order valence-corrected chi connectivity index (χ1v) is 18.6. The molecule has 244 valence electrons. The Balaban J connectivity index is 1.16. The number of fused-ring (bicyclic) bond motifs is 5. The molecule has 0 aliphatic carbocycles. The van der Waals surface area contributed by atoms with Gasteiger partial charge in [-0.1, -0.05) is 138 Å². The van der Waals surface area contributed by atoms with Crippen LogP contribution in [0.15, 0.2) is 210 Å². The summed E-state index contributed by atoms with van der Waals surface area (Å²) in [7, 11) is 0. The molecular weight excluding hydrogens is 647 g/mol. The molecule has 2 aliphatic rings. The first-order valence-electron chi connectivity index (χ1n) is 17.8. The summed E-state index contributed by atoms with van der Waals surface area (Å²) in [6.07, 6.45) is 0. The number of anilines is 6. The van der Waals surface area contributed by atoms with Crippen LogP contribution >= 0.6 is 11.8 Å². The largest absolute Gasteiger partial charge is 0.310 e. The van der Waals surface area contributed by atoms with Crippen molar-refractivity contribution in [1.29, 1.82) is 0 Å². The van der Waals surface area contributed by atoms with Crippen molar-refractivity contribution in [1.82, 2.24) is 0 Å². The Hall–Kier alpha value is -6.23. The first kappa shape index (κ1) is 30.6. The lowest BCUT2D eigenvalue weighted by Gasteiger charge is -2.29. The minimum atomic E-state index is 0.160. The molecule has 0 saturated heterocycles. The molecule has 0 unspecified atom stereocenters. The second kappa shape index (κ2) is 12.8. The van der Waals surface area contributed by atoms with Crippen LogP contribution in [0.4, 0.5) is 34.1 Å². The number of rotatable bonds is 7. The van der Waals surface area contributed by atoms with Crippen molar-refractivity contribution in [2.24, 2.45) is 0 Å². The molecule has 0 spiro atoms. The predicted octanol–water partition coefficient (Wildman–Crippen LogP) is 11.3. The normalized spacial score (nSPS) is 12.1. The Morgan fingerprint density at radius 3 is 1.31 bits per heavy atom. The van der Waals surface area contributed by atoms with Crippen LogP contribution in [0, 0.1) is 0 Å². The number of para-hydroxylation sites is 4. The Morgan fingerprint density at radius 1 is 0.327 bits per heavy atom. The van der Waals surface area contributed by atoms with E-state index < -0.39 is 0 Å². The van der Waals surface area contributed by atoms with Crippen molar-refractivity contribution < 1.29 is 0 Å². The first-order chi connectivity index (χ1) is 25.8. The van der Waals surface area contributed by atoms with Gasteiger partial charge in [0.05, 0.1) is 0 Å². The molecule has 2 nitrogen and oxygen atoms in total. The Morgan fingerprint density at radius 2 is 0.788 bits per heavy atom. The minimum absolute atomic E-state index is 0.160. The molecule has 2 aliphatic heterocycles. The molecule has 10 rings (SSSR count). The molecule has 52 heavy (non-hydrogen) atoms. The van der Waals surface area contributed by atoms with Gasteiger partial charge < -0.3 is 9.80 Å². The van der Waals surface area contributed by atoms with Crippen LogP contribution in [0.1, 0.15) is 0 Å². The molecular formula is C48H33BN2S. The Kier molecular flexibility index (Phi) is 7.55. The zero-order valence-electron chi connectivity index (χ0n) is 28.4. The molecule has 4 heteroatoms. The summed E-state index contributed by atoms with van der Waals surface area (Å²) < 4.78 is 0. The van der Waals surface area contributed by atoms with E-state index in [-0.39, 0.29) is 6.71 Å². The summed E-state index contributed by atoms with van der Waals surface area (Å²) in [5.41, 5.74) is 16.1. The van der Waals surface area contributed by atoms with E-state index in [2.05, 4.69) is 210 Å². The minimum Gasteiger partial charge on any atom is -0.310 e. The fourth-order valence-corrected chi connectivity index (χ4v) is 9.23. The van der Waals surface area contributed by atoms with E-state index in [4.69, 9.17) is 0 Å². The SMILES string of the molecule is c1ccc(-c2cc3c4c(c2)-c2cc(N(c5ccccc5)c5ccccc5)ccc2B4c2ccc(N(c4ccccc4)c4ccccc4)cc2S3)cc1. The second-order valence-electron chi connectivity index (χ2n) is 13.3. The number of hydrogen-bond acceptors (Lipinski definition) is 3. The van der Waals surface area contributed by atoms with Crippen LogP contribution in [-0.4, -0.2) is 6.71 Å². The fourth-order valence-electron chi connectivity index (χ4n) is 7.99. The van der Waals surface area contributed by atoms with Gasteiger partial charge in [0, 0.05) is 43.9 Å². The summed E-state index contributed by atoms with van der Waals surface area (Å²) in [6, 6.07) is 72.6. The van der Waals surface area contributed by atoms with Crippen LogP contribution < -0.4 is 26.2 Å². The smallest absolute Gasteiger partial charge is 0.245 e. The van der Waals surface area contributed by atoms with Crippen molar-refractivity contribution in [2.45, 2.75) is 9.79 Å². The summed E-state index contributed by atoms with van der Waals surface area (Å²) in [5, 5.41) is 0. The third-order valence-electron chi connectivity index (χ3n) is 10.3. The third kappa shape index (κ3) is 5.23. The number of nitrogens with zero attached hydrogens (tertiary/aromatic N) is 2. The van der Waals surface area contributed by atoms with E-state index in [9.17, 15) is 0 Å². The van der Waals surface area contributed by atoms with Gasteiger partial charge >= 0.3 is 0 Å². The summed E-state index contributed by atoms with van der Waals surface area (Å²) in [6.45, 7) is 0.160. The Labute approximate surface area is 309 Å². The van der Waals surface area contributed by atoms with Crippen molar-refractivity contribution >= 4 is 69.0 Å². The molecule has 0 aromatic heterocycles. The molecule has 0 amide bonds. The van der Waals surface area contributed by atoms with E-state index >= 15 is 0 Å². The third-order valence-corrected chi connectivity index (χ3v) is 11.4. The predicted molar refractivity (Wildman–Crippen MR) is 222 cm³/mol. The van der Waals surface area contributed by atoms with Gasteiger partial charge in [-0.2, -0.15) is 0 Å². The van der Waals surface area contributed by atoms with Gasteiger partial charge in [-0.25, -0.2) is 0 Å². The quantitative estimate of drug-likeness (QED) is 0.155. The highest BCUT2D eigenvalue weighted by atomic mass is 32.2. The number of hydrogen-bond donors (Lipinski definition) is 0. The van der Waals surface area contributed by atoms with Gasteiger partial charge in [0.15, 0.2) is 0 Å².